The molecule has 16 heavy (non-hydrogen) atoms. The normalized spacial score (nSPS) is 11.9. The Hall–Kier alpha value is -1.66. The van der Waals surface area contributed by atoms with E-state index in [2.05, 4.69) is 5.32 Å². The Morgan fingerprint density at radius 1 is 1.62 bits per heavy atom. The van der Waals surface area contributed by atoms with E-state index in [1.165, 1.54) is 25.1 Å². The number of halogens is 1. The molecule has 1 aromatic carbocycles. The van der Waals surface area contributed by atoms with Gasteiger partial charge in [0.1, 0.15) is 5.69 Å². The molecule has 86 valence electrons. The minimum atomic E-state index is -0.740. The van der Waals surface area contributed by atoms with Crippen LogP contribution >= 0.6 is 11.6 Å². The van der Waals surface area contributed by atoms with Crippen molar-refractivity contribution in [2.45, 2.75) is 13.0 Å². The molecule has 6 nitrogen and oxygen atoms in total. The number of benzene rings is 1. The average molecular weight is 244 g/mol. The molecule has 1 atom stereocenters. The quantitative estimate of drug-likeness (QED) is 0.621. The van der Waals surface area contributed by atoms with Gasteiger partial charge in [-0.3, -0.25) is 14.9 Å². The Bertz CT molecular complexity index is 434. The molecule has 1 rings (SSSR count). The number of carbonyl (C=O) groups is 1. The van der Waals surface area contributed by atoms with Crippen LogP contribution in [0.4, 0.5) is 11.4 Å². The fourth-order valence-corrected chi connectivity index (χ4v) is 1.17. The molecule has 0 unspecified atom stereocenters. The third kappa shape index (κ3) is 2.91. The molecule has 0 saturated carbocycles. The highest BCUT2D eigenvalue weighted by Crippen LogP contribution is 2.27. The van der Waals surface area contributed by atoms with Crippen LogP contribution in [0.15, 0.2) is 18.2 Å². The summed E-state index contributed by atoms with van der Waals surface area (Å²) in [4.78, 5) is 21.3. The van der Waals surface area contributed by atoms with Crippen LogP contribution in [0.3, 0.4) is 0 Å². The van der Waals surface area contributed by atoms with Gasteiger partial charge >= 0.3 is 0 Å². The van der Waals surface area contributed by atoms with E-state index in [0.717, 1.165) is 0 Å². The van der Waals surface area contributed by atoms with Crippen LogP contribution in [-0.2, 0) is 4.79 Å². The van der Waals surface area contributed by atoms with E-state index < -0.39 is 16.9 Å². The molecule has 0 aromatic heterocycles. The minimum Gasteiger partial charge on any atom is -0.320 e. The van der Waals surface area contributed by atoms with Crippen LogP contribution in [-0.4, -0.2) is 16.9 Å². The third-order valence-corrected chi connectivity index (χ3v) is 2.06. The number of nitro benzene ring substituents is 1. The summed E-state index contributed by atoms with van der Waals surface area (Å²) < 4.78 is 0. The topological polar surface area (TPSA) is 98.3 Å². The van der Waals surface area contributed by atoms with E-state index in [1.54, 1.807) is 0 Å². The van der Waals surface area contributed by atoms with E-state index in [9.17, 15) is 14.9 Å². The number of rotatable bonds is 3. The van der Waals surface area contributed by atoms with Crippen molar-refractivity contribution >= 4 is 28.9 Å². The molecule has 0 saturated heterocycles. The van der Waals surface area contributed by atoms with Crippen LogP contribution in [0.1, 0.15) is 6.92 Å². The van der Waals surface area contributed by atoms with Crippen molar-refractivity contribution in [1.29, 1.82) is 0 Å². The number of amides is 1. The minimum absolute atomic E-state index is 0.0803. The second-order valence-corrected chi connectivity index (χ2v) is 3.63. The van der Waals surface area contributed by atoms with E-state index >= 15 is 0 Å². The molecule has 7 heteroatoms. The van der Waals surface area contributed by atoms with E-state index in [4.69, 9.17) is 17.3 Å². The van der Waals surface area contributed by atoms with Gasteiger partial charge < -0.3 is 11.1 Å². The SMILES string of the molecule is C[C@H](N)C(=O)Nc1ccc(Cl)cc1[N+](=O)[O-]. The molecule has 0 radical (unpaired) electrons. The van der Waals surface area contributed by atoms with E-state index in [0.29, 0.717) is 0 Å². The highest BCUT2D eigenvalue weighted by molar-refractivity contribution is 6.31. The number of hydrogen-bond donors (Lipinski definition) is 2. The summed E-state index contributed by atoms with van der Waals surface area (Å²) in [5.74, 6) is -0.495. The van der Waals surface area contributed by atoms with Gasteiger partial charge in [-0.2, -0.15) is 0 Å². The fourth-order valence-electron chi connectivity index (χ4n) is 1.01. The third-order valence-electron chi connectivity index (χ3n) is 1.83. The van der Waals surface area contributed by atoms with Gasteiger partial charge in [0, 0.05) is 11.1 Å². The van der Waals surface area contributed by atoms with E-state index in [1.807, 2.05) is 0 Å². The van der Waals surface area contributed by atoms with Crippen molar-refractivity contribution in [1.82, 2.24) is 0 Å². The molecular weight excluding hydrogens is 234 g/mol. The lowest BCUT2D eigenvalue weighted by molar-refractivity contribution is -0.383. The smallest absolute Gasteiger partial charge is 0.294 e. The van der Waals surface area contributed by atoms with Crippen molar-refractivity contribution in [3.05, 3.63) is 33.3 Å². The zero-order valence-electron chi connectivity index (χ0n) is 8.44. The molecule has 0 fully saturated rings. The maximum atomic E-state index is 11.3. The first-order valence-corrected chi connectivity index (χ1v) is 4.80. The number of nitrogens with one attached hydrogen (secondary N) is 1. The number of nitro groups is 1. The zero-order chi connectivity index (χ0) is 12.3. The number of anilines is 1. The Morgan fingerprint density at radius 3 is 2.75 bits per heavy atom. The second kappa shape index (κ2) is 4.91. The van der Waals surface area contributed by atoms with Gasteiger partial charge in [0.2, 0.25) is 5.91 Å². The summed E-state index contributed by atoms with van der Waals surface area (Å²) in [5.41, 5.74) is 5.15. The Labute approximate surface area is 96.5 Å². The largest absolute Gasteiger partial charge is 0.320 e. The van der Waals surface area contributed by atoms with Gasteiger partial charge in [0.25, 0.3) is 5.69 Å². The summed E-state index contributed by atoms with van der Waals surface area (Å²) in [6.45, 7) is 1.48. The molecule has 1 amide bonds. The van der Waals surface area contributed by atoms with Crippen molar-refractivity contribution in [3.8, 4) is 0 Å². The van der Waals surface area contributed by atoms with Crippen molar-refractivity contribution < 1.29 is 9.72 Å². The maximum absolute atomic E-state index is 11.3. The summed E-state index contributed by atoms with van der Waals surface area (Å²) in [7, 11) is 0. The zero-order valence-corrected chi connectivity index (χ0v) is 9.19. The predicted molar refractivity (Wildman–Crippen MR) is 60.4 cm³/mol. The van der Waals surface area contributed by atoms with Crippen LogP contribution in [0.2, 0.25) is 5.02 Å². The first kappa shape index (κ1) is 12.4. The Balaban J connectivity index is 3.04. The van der Waals surface area contributed by atoms with Gasteiger partial charge in [-0.1, -0.05) is 11.6 Å². The molecule has 0 aliphatic rings. The van der Waals surface area contributed by atoms with Gasteiger partial charge in [-0.15, -0.1) is 0 Å². The molecule has 0 aliphatic carbocycles. The number of nitrogens with zero attached hydrogens (tertiary/aromatic N) is 1. The lowest BCUT2D eigenvalue weighted by Crippen LogP contribution is -2.32. The van der Waals surface area contributed by atoms with Crippen LogP contribution < -0.4 is 11.1 Å². The maximum Gasteiger partial charge on any atom is 0.294 e. The highest BCUT2D eigenvalue weighted by Gasteiger charge is 2.17. The van der Waals surface area contributed by atoms with Gasteiger partial charge in [-0.05, 0) is 19.1 Å². The molecule has 1 aromatic rings. The molecule has 0 bridgehead atoms. The van der Waals surface area contributed by atoms with Crippen molar-refractivity contribution in [3.63, 3.8) is 0 Å². The van der Waals surface area contributed by atoms with Gasteiger partial charge in [-0.25, -0.2) is 0 Å². The van der Waals surface area contributed by atoms with Crippen LogP contribution in [0, 0.1) is 10.1 Å². The Kier molecular flexibility index (Phi) is 3.81. The van der Waals surface area contributed by atoms with Crippen molar-refractivity contribution in [2.24, 2.45) is 5.73 Å². The van der Waals surface area contributed by atoms with E-state index in [-0.39, 0.29) is 16.4 Å². The molecule has 0 aliphatic heterocycles. The lowest BCUT2D eigenvalue weighted by atomic mass is 10.2. The molecular formula is C9H10ClN3O3. The number of carbonyl (C=O) groups excluding carboxylic acids is 1. The Morgan fingerprint density at radius 2 is 2.25 bits per heavy atom. The highest BCUT2D eigenvalue weighted by atomic mass is 35.5. The number of nitrogens with two attached hydrogens (primary N) is 1. The second-order valence-electron chi connectivity index (χ2n) is 3.20. The summed E-state index contributed by atoms with van der Waals surface area (Å²) >= 11 is 5.62. The standard InChI is InChI=1S/C9H10ClN3O3/c1-5(11)9(14)12-7-3-2-6(10)4-8(7)13(15)16/h2-5H,11H2,1H3,(H,12,14)/t5-/m0/s1. The molecule has 0 heterocycles. The first-order valence-electron chi connectivity index (χ1n) is 4.42. The monoisotopic (exact) mass is 243 g/mol. The van der Waals surface area contributed by atoms with Crippen LogP contribution in [0.5, 0.6) is 0 Å². The van der Waals surface area contributed by atoms with Crippen LogP contribution in [0.25, 0.3) is 0 Å². The molecule has 3 N–H and O–H groups in total. The van der Waals surface area contributed by atoms with Gasteiger partial charge in [0.15, 0.2) is 0 Å². The summed E-state index contributed by atoms with van der Waals surface area (Å²) in [6.07, 6.45) is 0. The molecule has 0 spiro atoms. The first-order chi connectivity index (χ1) is 7.41. The van der Waals surface area contributed by atoms with Gasteiger partial charge in [0.05, 0.1) is 11.0 Å². The predicted octanol–water partition coefficient (Wildman–Crippen LogP) is 1.53. The lowest BCUT2D eigenvalue weighted by Gasteiger charge is -2.08. The summed E-state index contributed by atoms with van der Waals surface area (Å²) in [5, 5.41) is 13.3. The number of hydrogen-bond acceptors (Lipinski definition) is 4. The average Bonchev–Trinajstić information content (AvgIpc) is 2.20. The fraction of sp³-hybridized carbons (Fsp3) is 0.222. The van der Waals surface area contributed by atoms with Crippen molar-refractivity contribution in [2.75, 3.05) is 5.32 Å². The summed E-state index contributed by atoms with van der Waals surface area (Å²) in [6, 6.07) is 3.24.